The fourth-order valence-corrected chi connectivity index (χ4v) is 1.38. The van der Waals surface area contributed by atoms with E-state index < -0.39 is 16.4 Å². The summed E-state index contributed by atoms with van der Waals surface area (Å²) in [4.78, 5) is 20.5. The van der Waals surface area contributed by atoms with Crippen LogP contribution in [-0.2, 0) is 10.3 Å². The number of nitrogens with zero attached hydrogens (tertiary/aromatic N) is 1. The Balaban J connectivity index is 2.96. The number of benzene rings is 1. The van der Waals surface area contributed by atoms with Gasteiger partial charge in [0.1, 0.15) is 0 Å². The monoisotopic (exact) mass is 224 g/mol. The van der Waals surface area contributed by atoms with Gasteiger partial charge in [0.15, 0.2) is 0 Å². The minimum absolute atomic E-state index is 0.0464. The first-order chi connectivity index (χ1) is 7.33. The highest BCUT2D eigenvalue weighted by molar-refractivity contribution is 5.68. The summed E-state index contributed by atoms with van der Waals surface area (Å²) in [6.07, 6.45) is -0.231. The Morgan fingerprint density at radius 2 is 2.00 bits per heavy atom. The first kappa shape index (κ1) is 12.1. The van der Waals surface area contributed by atoms with Crippen LogP contribution in [0.5, 0.6) is 0 Å². The summed E-state index contributed by atoms with van der Waals surface area (Å²) in [6, 6.07) is 5.56. The van der Waals surface area contributed by atoms with Crippen LogP contribution in [0.3, 0.4) is 0 Å². The maximum Gasteiger partial charge on any atom is 0.305 e. The van der Waals surface area contributed by atoms with Gasteiger partial charge in [-0.2, -0.15) is 0 Å². The van der Waals surface area contributed by atoms with Crippen molar-refractivity contribution in [2.45, 2.75) is 18.9 Å². The molecular weight excluding hydrogens is 212 g/mol. The van der Waals surface area contributed by atoms with Crippen LogP contribution >= 0.6 is 0 Å². The molecule has 0 aliphatic heterocycles. The summed E-state index contributed by atoms with van der Waals surface area (Å²) in [5.41, 5.74) is 5.30. The molecule has 16 heavy (non-hydrogen) atoms. The Bertz CT molecular complexity index is 411. The smallest absolute Gasteiger partial charge is 0.305 e. The molecule has 0 spiro atoms. The Morgan fingerprint density at radius 1 is 1.50 bits per heavy atom. The van der Waals surface area contributed by atoms with Crippen molar-refractivity contribution in [2.75, 3.05) is 0 Å². The van der Waals surface area contributed by atoms with Crippen molar-refractivity contribution in [1.82, 2.24) is 0 Å². The number of aliphatic carboxylic acids is 1. The third-order valence-electron chi connectivity index (χ3n) is 2.26. The normalized spacial score (nSPS) is 14.1. The summed E-state index contributed by atoms with van der Waals surface area (Å²) in [5, 5.41) is 19.1. The number of hydrogen-bond acceptors (Lipinski definition) is 4. The minimum Gasteiger partial charge on any atom is -0.481 e. The molecule has 3 N–H and O–H groups in total. The predicted molar refractivity (Wildman–Crippen MR) is 56.9 cm³/mol. The van der Waals surface area contributed by atoms with E-state index in [4.69, 9.17) is 10.8 Å². The molecular formula is C10H12N2O4. The van der Waals surface area contributed by atoms with E-state index in [1.807, 2.05) is 0 Å². The second kappa shape index (κ2) is 4.28. The van der Waals surface area contributed by atoms with Crippen molar-refractivity contribution in [3.8, 4) is 0 Å². The van der Waals surface area contributed by atoms with Crippen molar-refractivity contribution in [3.63, 3.8) is 0 Å². The summed E-state index contributed by atoms with van der Waals surface area (Å²) in [6.45, 7) is 1.57. The number of carboxylic acid groups (broad SMARTS) is 1. The molecule has 86 valence electrons. The quantitative estimate of drug-likeness (QED) is 0.591. The van der Waals surface area contributed by atoms with Gasteiger partial charge < -0.3 is 10.8 Å². The fraction of sp³-hybridized carbons (Fsp3) is 0.300. The van der Waals surface area contributed by atoms with Crippen molar-refractivity contribution < 1.29 is 14.8 Å². The van der Waals surface area contributed by atoms with Crippen LogP contribution in [0.25, 0.3) is 0 Å². The number of carboxylic acids is 1. The summed E-state index contributed by atoms with van der Waals surface area (Å²) in [7, 11) is 0. The molecule has 0 radical (unpaired) electrons. The van der Waals surface area contributed by atoms with Crippen molar-refractivity contribution in [3.05, 3.63) is 39.9 Å². The molecule has 0 saturated carbocycles. The molecule has 1 rings (SSSR count). The van der Waals surface area contributed by atoms with E-state index in [2.05, 4.69) is 0 Å². The van der Waals surface area contributed by atoms with Crippen molar-refractivity contribution >= 4 is 11.7 Å². The van der Waals surface area contributed by atoms with E-state index in [1.165, 1.54) is 24.3 Å². The third-order valence-corrected chi connectivity index (χ3v) is 2.26. The number of hydrogen-bond donors (Lipinski definition) is 2. The number of nitro groups is 1. The zero-order valence-electron chi connectivity index (χ0n) is 8.71. The Labute approximate surface area is 91.8 Å². The zero-order chi connectivity index (χ0) is 12.3. The van der Waals surface area contributed by atoms with E-state index in [-0.39, 0.29) is 12.1 Å². The van der Waals surface area contributed by atoms with Crippen LogP contribution in [0.2, 0.25) is 0 Å². The van der Waals surface area contributed by atoms with Crippen LogP contribution in [0, 0.1) is 10.1 Å². The van der Waals surface area contributed by atoms with Gasteiger partial charge in [-0.3, -0.25) is 14.9 Å². The molecule has 0 aliphatic carbocycles. The molecule has 0 saturated heterocycles. The first-order valence-electron chi connectivity index (χ1n) is 4.58. The molecule has 0 unspecified atom stereocenters. The molecule has 1 atom stereocenters. The maximum atomic E-state index is 10.6. The van der Waals surface area contributed by atoms with Gasteiger partial charge in [0.25, 0.3) is 5.69 Å². The number of rotatable bonds is 4. The standard InChI is InChI=1S/C10H12N2O4/c1-10(11,6-9(13)14)7-2-4-8(5-3-7)12(15)16/h2-5H,6,11H2,1H3,(H,13,14)/t10-/m1/s1. The Morgan fingerprint density at radius 3 is 2.38 bits per heavy atom. The van der Waals surface area contributed by atoms with E-state index in [1.54, 1.807) is 6.92 Å². The Kier molecular flexibility index (Phi) is 3.24. The van der Waals surface area contributed by atoms with Gasteiger partial charge in [0.2, 0.25) is 0 Å². The van der Waals surface area contributed by atoms with E-state index in [9.17, 15) is 14.9 Å². The van der Waals surface area contributed by atoms with Gasteiger partial charge >= 0.3 is 5.97 Å². The number of nitro benzene ring substituents is 1. The Hall–Kier alpha value is -1.95. The molecule has 0 aliphatic rings. The highest BCUT2D eigenvalue weighted by Gasteiger charge is 2.25. The second-order valence-electron chi connectivity index (χ2n) is 3.79. The zero-order valence-corrected chi connectivity index (χ0v) is 8.71. The second-order valence-corrected chi connectivity index (χ2v) is 3.79. The molecule has 1 aromatic rings. The van der Waals surface area contributed by atoms with Gasteiger partial charge in [0.05, 0.1) is 11.3 Å². The predicted octanol–water partition coefficient (Wildman–Crippen LogP) is 1.24. The molecule has 6 heteroatoms. The lowest BCUT2D eigenvalue weighted by Crippen LogP contribution is -2.35. The lowest BCUT2D eigenvalue weighted by Gasteiger charge is -2.22. The van der Waals surface area contributed by atoms with E-state index in [0.717, 1.165) is 0 Å². The fourth-order valence-electron chi connectivity index (χ4n) is 1.38. The van der Waals surface area contributed by atoms with Gasteiger partial charge in [0, 0.05) is 17.7 Å². The SMILES string of the molecule is C[C@@](N)(CC(=O)O)c1ccc([N+](=O)[O-])cc1. The number of non-ortho nitro benzene ring substituents is 1. The lowest BCUT2D eigenvalue weighted by atomic mass is 9.90. The van der Waals surface area contributed by atoms with Crippen molar-refractivity contribution in [2.24, 2.45) is 5.73 Å². The molecule has 0 heterocycles. The largest absolute Gasteiger partial charge is 0.481 e. The molecule has 6 nitrogen and oxygen atoms in total. The van der Waals surface area contributed by atoms with Crippen LogP contribution < -0.4 is 5.73 Å². The molecule has 0 bridgehead atoms. The van der Waals surface area contributed by atoms with Crippen LogP contribution in [-0.4, -0.2) is 16.0 Å². The molecule has 0 fully saturated rings. The average molecular weight is 224 g/mol. The highest BCUT2D eigenvalue weighted by Crippen LogP contribution is 2.23. The summed E-state index contributed by atoms with van der Waals surface area (Å²) >= 11 is 0. The maximum absolute atomic E-state index is 10.6. The molecule has 0 aromatic heterocycles. The topological polar surface area (TPSA) is 106 Å². The highest BCUT2D eigenvalue weighted by atomic mass is 16.6. The molecule has 1 aromatic carbocycles. The summed E-state index contributed by atoms with van der Waals surface area (Å²) in [5.74, 6) is -1.01. The van der Waals surface area contributed by atoms with Gasteiger partial charge in [-0.1, -0.05) is 12.1 Å². The van der Waals surface area contributed by atoms with Gasteiger partial charge in [-0.15, -0.1) is 0 Å². The van der Waals surface area contributed by atoms with E-state index in [0.29, 0.717) is 5.56 Å². The summed E-state index contributed by atoms with van der Waals surface area (Å²) < 4.78 is 0. The lowest BCUT2D eigenvalue weighted by molar-refractivity contribution is -0.384. The van der Waals surface area contributed by atoms with Crippen LogP contribution in [0.15, 0.2) is 24.3 Å². The van der Waals surface area contributed by atoms with Gasteiger partial charge in [-0.05, 0) is 12.5 Å². The minimum atomic E-state index is -1.03. The van der Waals surface area contributed by atoms with Gasteiger partial charge in [-0.25, -0.2) is 0 Å². The van der Waals surface area contributed by atoms with Crippen LogP contribution in [0.1, 0.15) is 18.9 Å². The number of carbonyl (C=O) groups is 1. The average Bonchev–Trinajstić information content (AvgIpc) is 2.16. The van der Waals surface area contributed by atoms with E-state index >= 15 is 0 Å². The number of nitrogens with two attached hydrogens (primary N) is 1. The van der Waals surface area contributed by atoms with Crippen molar-refractivity contribution in [1.29, 1.82) is 0 Å². The first-order valence-corrected chi connectivity index (χ1v) is 4.58. The molecule has 0 amide bonds. The third kappa shape index (κ3) is 2.77. The van der Waals surface area contributed by atoms with Crippen LogP contribution in [0.4, 0.5) is 5.69 Å².